The Bertz CT molecular complexity index is 475. The van der Waals surface area contributed by atoms with Crippen molar-refractivity contribution in [1.29, 1.82) is 0 Å². The van der Waals surface area contributed by atoms with Crippen molar-refractivity contribution in [1.82, 2.24) is 4.90 Å². The van der Waals surface area contributed by atoms with Crippen molar-refractivity contribution < 1.29 is 9.72 Å². The predicted molar refractivity (Wildman–Crippen MR) is 66.0 cm³/mol. The van der Waals surface area contributed by atoms with Crippen LogP contribution < -0.4 is 5.73 Å². The summed E-state index contributed by atoms with van der Waals surface area (Å²) in [5, 5.41) is 10.8. The molecule has 0 spiro atoms. The first kappa shape index (κ1) is 12.5. The average molecular weight is 249 g/mol. The number of nitrogens with zero attached hydrogens (tertiary/aromatic N) is 2. The molecule has 0 aliphatic carbocycles. The molecule has 0 aromatic heterocycles. The summed E-state index contributed by atoms with van der Waals surface area (Å²) >= 11 is 0. The van der Waals surface area contributed by atoms with E-state index in [1.54, 1.807) is 23.1 Å². The lowest BCUT2D eigenvalue weighted by atomic mass is 10.1. The molecule has 1 atom stereocenters. The van der Waals surface area contributed by atoms with Crippen LogP contribution in [0.15, 0.2) is 24.3 Å². The molecule has 96 valence electrons. The molecular weight excluding hydrogens is 234 g/mol. The fraction of sp³-hybridized carbons (Fsp3) is 0.417. The van der Waals surface area contributed by atoms with E-state index >= 15 is 0 Å². The summed E-state index contributed by atoms with van der Waals surface area (Å²) in [6, 6.07) is 6.35. The highest BCUT2D eigenvalue weighted by Gasteiger charge is 2.25. The van der Waals surface area contributed by atoms with Crippen molar-refractivity contribution in [2.75, 3.05) is 13.1 Å². The molecule has 2 N–H and O–H groups in total. The van der Waals surface area contributed by atoms with Gasteiger partial charge < -0.3 is 10.6 Å². The monoisotopic (exact) mass is 249 g/mol. The number of amides is 1. The van der Waals surface area contributed by atoms with Crippen molar-refractivity contribution >= 4 is 11.6 Å². The van der Waals surface area contributed by atoms with Crippen LogP contribution in [0.4, 0.5) is 5.69 Å². The van der Waals surface area contributed by atoms with E-state index < -0.39 is 4.92 Å². The van der Waals surface area contributed by atoms with Crippen LogP contribution in [0.1, 0.15) is 12.0 Å². The number of nitro groups is 1. The summed E-state index contributed by atoms with van der Waals surface area (Å²) in [6.07, 6.45) is 0.854. The highest BCUT2D eigenvalue weighted by molar-refractivity contribution is 5.80. The van der Waals surface area contributed by atoms with Gasteiger partial charge in [-0.15, -0.1) is 0 Å². The maximum Gasteiger partial charge on any atom is 0.273 e. The minimum Gasteiger partial charge on any atom is -0.341 e. The number of hydrogen-bond donors (Lipinski definition) is 1. The third kappa shape index (κ3) is 2.65. The number of carbonyl (C=O) groups is 1. The Morgan fingerprint density at radius 2 is 2.22 bits per heavy atom. The summed E-state index contributed by atoms with van der Waals surface area (Å²) in [5.41, 5.74) is 6.18. The highest BCUT2D eigenvalue weighted by atomic mass is 16.6. The van der Waals surface area contributed by atoms with Crippen LogP contribution in [0.3, 0.4) is 0 Å². The topological polar surface area (TPSA) is 89.5 Å². The van der Waals surface area contributed by atoms with Gasteiger partial charge in [0, 0.05) is 30.8 Å². The second-order valence-electron chi connectivity index (χ2n) is 4.45. The summed E-state index contributed by atoms with van der Waals surface area (Å²) in [7, 11) is 0. The molecule has 18 heavy (non-hydrogen) atoms. The second-order valence-corrected chi connectivity index (χ2v) is 4.45. The van der Waals surface area contributed by atoms with E-state index in [-0.39, 0.29) is 24.1 Å². The van der Waals surface area contributed by atoms with Gasteiger partial charge in [-0.3, -0.25) is 14.9 Å². The van der Waals surface area contributed by atoms with E-state index in [2.05, 4.69) is 0 Å². The number of hydrogen-bond acceptors (Lipinski definition) is 4. The van der Waals surface area contributed by atoms with Crippen molar-refractivity contribution in [2.45, 2.75) is 18.9 Å². The van der Waals surface area contributed by atoms with E-state index in [0.29, 0.717) is 18.7 Å². The number of nitrogens with two attached hydrogens (primary N) is 1. The Kier molecular flexibility index (Phi) is 3.57. The SMILES string of the molecule is N[C@H]1CCN(C(=O)Cc2ccccc2[N+](=O)[O-])C1. The number of likely N-dealkylation sites (tertiary alicyclic amines) is 1. The van der Waals surface area contributed by atoms with Gasteiger partial charge in [0.15, 0.2) is 0 Å². The smallest absolute Gasteiger partial charge is 0.273 e. The van der Waals surface area contributed by atoms with E-state index in [1.807, 2.05) is 0 Å². The Balaban J connectivity index is 2.09. The minimum absolute atomic E-state index is 0.00524. The lowest BCUT2D eigenvalue weighted by Crippen LogP contribution is -2.33. The zero-order chi connectivity index (χ0) is 13.1. The molecule has 6 nitrogen and oxygen atoms in total. The van der Waals surface area contributed by atoms with Gasteiger partial charge in [0.25, 0.3) is 5.69 Å². The van der Waals surface area contributed by atoms with Gasteiger partial charge in [0.1, 0.15) is 0 Å². The molecule has 2 rings (SSSR count). The van der Waals surface area contributed by atoms with E-state index in [4.69, 9.17) is 5.73 Å². The molecule has 1 aliphatic rings. The third-order valence-corrected chi connectivity index (χ3v) is 3.11. The van der Waals surface area contributed by atoms with Crippen LogP contribution in [-0.4, -0.2) is 34.9 Å². The molecule has 0 bridgehead atoms. The zero-order valence-corrected chi connectivity index (χ0v) is 9.91. The Morgan fingerprint density at radius 1 is 1.50 bits per heavy atom. The fourth-order valence-corrected chi connectivity index (χ4v) is 2.13. The summed E-state index contributed by atoms with van der Waals surface area (Å²) in [5.74, 6) is -0.0998. The molecule has 0 radical (unpaired) electrons. The van der Waals surface area contributed by atoms with Gasteiger partial charge in [0.2, 0.25) is 5.91 Å². The number of para-hydroxylation sites is 1. The molecular formula is C12H15N3O3. The van der Waals surface area contributed by atoms with Crippen LogP contribution in [0.5, 0.6) is 0 Å². The lowest BCUT2D eigenvalue weighted by molar-refractivity contribution is -0.385. The van der Waals surface area contributed by atoms with Gasteiger partial charge >= 0.3 is 0 Å². The molecule has 1 amide bonds. The quantitative estimate of drug-likeness (QED) is 0.630. The second kappa shape index (κ2) is 5.14. The lowest BCUT2D eigenvalue weighted by Gasteiger charge is -2.15. The molecule has 1 saturated heterocycles. The molecule has 1 aliphatic heterocycles. The van der Waals surface area contributed by atoms with Gasteiger partial charge in [0.05, 0.1) is 11.3 Å². The third-order valence-electron chi connectivity index (χ3n) is 3.11. The van der Waals surface area contributed by atoms with Crippen molar-refractivity contribution in [3.63, 3.8) is 0 Å². The molecule has 0 saturated carbocycles. The van der Waals surface area contributed by atoms with E-state index in [1.165, 1.54) is 6.07 Å². The molecule has 6 heteroatoms. The molecule has 1 fully saturated rings. The number of rotatable bonds is 3. The Labute approximate surface area is 105 Å². The van der Waals surface area contributed by atoms with Crippen LogP contribution in [-0.2, 0) is 11.2 Å². The Hall–Kier alpha value is -1.95. The van der Waals surface area contributed by atoms with Crippen LogP contribution in [0.2, 0.25) is 0 Å². The number of carbonyl (C=O) groups excluding carboxylic acids is 1. The minimum atomic E-state index is -0.460. The van der Waals surface area contributed by atoms with Crippen LogP contribution in [0, 0.1) is 10.1 Å². The maximum absolute atomic E-state index is 12.0. The summed E-state index contributed by atoms with van der Waals surface area (Å²) in [4.78, 5) is 24.0. The highest BCUT2D eigenvalue weighted by Crippen LogP contribution is 2.19. The summed E-state index contributed by atoms with van der Waals surface area (Å²) in [6.45, 7) is 1.18. The van der Waals surface area contributed by atoms with Crippen molar-refractivity contribution in [2.24, 2.45) is 5.73 Å². The molecule has 1 aromatic carbocycles. The fourth-order valence-electron chi connectivity index (χ4n) is 2.13. The number of nitro benzene ring substituents is 1. The van der Waals surface area contributed by atoms with Crippen LogP contribution >= 0.6 is 0 Å². The summed E-state index contributed by atoms with van der Waals surface area (Å²) < 4.78 is 0. The Morgan fingerprint density at radius 3 is 2.83 bits per heavy atom. The van der Waals surface area contributed by atoms with Gasteiger partial charge in [-0.2, -0.15) is 0 Å². The first-order chi connectivity index (χ1) is 8.58. The number of benzene rings is 1. The largest absolute Gasteiger partial charge is 0.341 e. The zero-order valence-electron chi connectivity index (χ0n) is 9.91. The predicted octanol–water partition coefficient (Wildman–Crippen LogP) is 0.697. The molecule has 0 unspecified atom stereocenters. The van der Waals surface area contributed by atoms with Crippen LogP contribution in [0.25, 0.3) is 0 Å². The van der Waals surface area contributed by atoms with Gasteiger partial charge in [-0.05, 0) is 6.42 Å². The van der Waals surface area contributed by atoms with Crippen molar-refractivity contribution in [3.05, 3.63) is 39.9 Å². The molecule has 1 aromatic rings. The van der Waals surface area contributed by atoms with Gasteiger partial charge in [-0.25, -0.2) is 0 Å². The molecule has 1 heterocycles. The van der Waals surface area contributed by atoms with E-state index in [0.717, 1.165) is 6.42 Å². The first-order valence-electron chi connectivity index (χ1n) is 5.83. The average Bonchev–Trinajstić information content (AvgIpc) is 2.76. The van der Waals surface area contributed by atoms with Gasteiger partial charge in [-0.1, -0.05) is 18.2 Å². The maximum atomic E-state index is 12.0. The van der Waals surface area contributed by atoms with Crippen molar-refractivity contribution in [3.8, 4) is 0 Å². The van der Waals surface area contributed by atoms with E-state index in [9.17, 15) is 14.9 Å². The first-order valence-corrected chi connectivity index (χ1v) is 5.83. The normalized spacial score (nSPS) is 18.9. The standard InChI is InChI=1S/C12H15N3O3/c13-10-5-6-14(8-10)12(16)7-9-3-1-2-4-11(9)15(17)18/h1-4,10H,5-8,13H2/t10-/m0/s1.